The van der Waals surface area contributed by atoms with Crippen LogP contribution in [0.25, 0.3) is 10.8 Å². The standard InChI is InChI=1S/C17H19N3O/c18-15-3-1-2-11-8-12(4-5-14(11)15)17(21)19-16-10-20-7-6-13(16)9-20/h1-5,8,13,16H,6-7,9-10,18H2,(H,19,21). The summed E-state index contributed by atoms with van der Waals surface area (Å²) in [7, 11) is 0. The van der Waals surface area contributed by atoms with Crippen molar-refractivity contribution in [2.24, 2.45) is 5.92 Å². The summed E-state index contributed by atoms with van der Waals surface area (Å²) in [4.78, 5) is 14.9. The molecule has 3 atom stereocenters. The first-order valence-corrected chi connectivity index (χ1v) is 7.52. The van der Waals surface area contributed by atoms with Crippen molar-refractivity contribution in [3.63, 3.8) is 0 Å². The number of carbonyl (C=O) groups is 1. The number of nitrogens with zero attached hydrogens (tertiary/aromatic N) is 1. The highest BCUT2D eigenvalue weighted by Crippen LogP contribution is 2.28. The number of amides is 1. The molecule has 4 nitrogen and oxygen atoms in total. The fraction of sp³-hybridized carbons (Fsp3) is 0.353. The summed E-state index contributed by atoms with van der Waals surface area (Å²) >= 11 is 0. The SMILES string of the molecule is Nc1cccc2cc(C(=O)NC3CN4CCC3C4)ccc12. The van der Waals surface area contributed by atoms with Crippen LogP contribution in [0, 0.1) is 5.92 Å². The van der Waals surface area contributed by atoms with Crippen molar-refractivity contribution >= 4 is 22.4 Å². The van der Waals surface area contributed by atoms with Gasteiger partial charge in [0.2, 0.25) is 0 Å². The molecule has 0 spiro atoms. The molecule has 2 saturated heterocycles. The number of anilines is 1. The molecule has 2 aromatic rings. The largest absolute Gasteiger partial charge is 0.398 e. The van der Waals surface area contributed by atoms with Gasteiger partial charge in [0.1, 0.15) is 0 Å². The molecule has 4 heteroatoms. The molecule has 108 valence electrons. The van der Waals surface area contributed by atoms with Crippen LogP contribution in [0.5, 0.6) is 0 Å². The fourth-order valence-corrected chi connectivity index (χ4v) is 3.65. The first kappa shape index (κ1) is 12.7. The summed E-state index contributed by atoms with van der Waals surface area (Å²) in [6, 6.07) is 11.8. The second-order valence-corrected chi connectivity index (χ2v) is 6.17. The number of nitrogens with two attached hydrogens (primary N) is 1. The Bertz CT molecular complexity index is 712. The number of rotatable bonds is 2. The molecule has 0 saturated carbocycles. The van der Waals surface area contributed by atoms with Crippen molar-refractivity contribution in [1.29, 1.82) is 0 Å². The van der Waals surface area contributed by atoms with Gasteiger partial charge < -0.3 is 16.0 Å². The lowest BCUT2D eigenvalue weighted by molar-refractivity contribution is 0.0924. The topological polar surface area (TPSA) is 58.4 Å². The van der Waals surface area contributed by atoms with Crippen LogP contribution in [0.2, 0.25) is 0 Å². The van der Waals surface area contributed by atoms with Crippen molar-refractivity contribution in [2.75, 3.05) is 25.4 Å². The van der Waals surface area contributed by atoms with E-state index in [0.29, 0.717) is 17.5 Å². The Morgan fingerprint density at radius 1 is 1.24 bits per heavy atom. The number of hydrogen-bond donors (Lipinski definition) is 2. The quantitative estimate of drug-likeness (QED) is 0.826. The van der Waals surface area contributed by atoms with Gasteiger partial charge in [-0.1, -0.05) is 18.2 Å². The number of carbonyl (C=O) groups excluding carboxylic acids is 1. The summed E-state index contributed by atoms with van der Waals surface area (Å²) in [6.07, 6.45) is 1.21. The van der Waals surface area contributed by atoms with Gasteiger partial charge in [-0.15, -0.1) is 0 Å². The van der Waals surface area contributed by atoms with Gasteiger partial charge in [0.25, 0.3) is 5.91 Å². The lowest BCUT2D eigenvalue weighted by Gasteiger charge is -2.23. The van der Waals surface area contributed by atoms with E-state index in [9.17, 15) is 4.79 Å². The Hall–Kier alpha value is -2.07. The van der Waals surface area contributed by atoms with E-state index in [-0.39, 0.29) is 5.91 Å². The minimum Gasteiger partial charge on any atom is -0.398 e. The number of fused-ring (bicyclic) bond motifs is 3. The second-order valence-electron chi connectivity index (χ2n) is 6.17. The molecular formula is C17H19N3O. The van der Waals surface area contributed by atoms with Crippen LogP contribution in [0.4, 0.5) is 5.69 Å². The molecule has 2 aliphatic rings. The van der Waals surface area contributed by atoms with E-state index in [0.717, 1.165) is 29.5 Å². The maximum Gasteiger partial charge on any atom is 0.251 e. The zero-order valence-corrected chi connectivity index (χ0v) is 11.9. The highest BCUT2D eigenvalue weighted by molar-refractivity contribution is 6.01. The molecular weight excluding hydrogens is 262 g/mol. The van der Waals surface area contributed by atoms with E-state index in [1.165, 1.54) is 13.0 Å². The third kappa shape index (κ3) is 2.16. The van der Waals surface area contributed by atoms with Crippen molar-refractivity contribution < 1.29 is 4.79 Å². The highest BCUT2D eigenvalue weighted by Gasteiger charge is 2.38. The van der Waals surface area contributed by atoms with Gasteiger partial charge in [0.15, 0.2) is 0 Å². The summed E-state index contributed by atoms with van der Waals surface area (Å²) in [5.41, 5.74) is 7.41. The molecule has 2 aromatic carbocycles. The molecule has 1 amide bonds. The third-order valence-electron chi connectivity index (χ3n) is 4.83. The first-order valence-electron chi connectivity index (χ1n) is 7.52. The summed E-state index contributed by atoms with van der Waals surface area (Å²) in [6.45, 7) is 3.32. The van der Waals surface area contributed by atoms with Gasteiger partial charge >= 0.3 is 0 Å². The van der Waals surface area contributed by atoms with Gasteiger partial charge in [-0.05, 0) is 42.5 Å². The zero-order chi connectivity index (χ0) is 14.4. The predicted molar refractivity (Wildman–Crippen MR) is 84.2 cm³/mol. The summed E-state index contributed by atoms with van der Waals surface area (Å²) < 4.78 is 0. The monoisotopic (exact) mass is 281 g/mol. The lowest BCUT2D eigenvalue weighted by Crippen LogP contribution is -2.43. The van der Waals surface area contributed by atoms with E-state index in [1.807, 2.05) is 36.4 Å². The molecule has 2 heterocycles. The smallest absolute Gasteiger partial charge is 0.251 e. The first-order chi connectivity index (χ1) is 10.2. The number of nitrogens with one attached hydrogen (secondary N) is 1. The van der Waals surface area contributed by atoms with Crippen LogP contribution in [0.3, 0.4) is 0 Å². The number of nitrogen functional groups attached to an aromatic ring is 1. The molecule has 4 rings (SSSR count). The normalized spacial score (nSPS) is 27.1. The van der Waals surface area contributed by atoms with Crippen molar-refractivity contribution in [1.82, 2.24) is 10.2 Å². The number of benzene rings is 2. The van der Waals surface area contributed by atoms with Crippen LogP contribution >= 0.6 is 0 Å². The van der Waals surface area contributed by atoms with Gasteiger partial charge in [-0.3, -0.25) is 4.79 Å². The van der Waals surface area contributed by atoms with E-state index in [1.54, 1.807) is 0 Å². The fourth-order valence-electron chi connectivity index (χ4n) is 3.65. The van der Waals surface area contributed by atoms with Gasteiger partial charge in [0.05, 0.1) is 0 Å². The molecule has 0 radical (unpaired) electrons. The predicted octanol–water partition coefficient (Wildman–Crippen LogP) is 1.86. The van der Waals surface area contributed by atoms with Gasteiger partial charge in [0, 0.05) is 35.8 Å². The van der Waals surface area contributed by atoms with E-state index < -0.39 is 0 Å². The van der Waals surface area contributed by atoms with Crippen LogP contribution in [0.1, 0.15) is 16.8 Å². The van der Waals surface area contributed by atoms with Crippen LogP contribution in [-0.2, 0) is 0 Å². The third-order valence-corrected chi connectivity index (χ3v) is 4.83. The van der Waals surface area contributed by atoms with Crippen molar-refractivity contribution in [3.05, 3.63) is 42.0 Å². The summed E-state index contributed by atoms with van der Waals surface area (Å²) in [5.74, 6) is 0.656. The molecule has 2 aliphatic heterocycles. The maximum atomic E-state index is 12.4. The number of piperidine rings is 1. The molecule has 2 bridgehead atoms. The molecule has 0 aromatic heterocycles. The van der Waals surface area contributed by atoms with Crippen LogP contribution in [0.15, 0.2) is 36.4 Å². The Kier molecular flexibility index (Phi) is 2.86. The lowest BCUT2D eigenvalue weighted by atomic mass is 9.99. The van der Waals surface area contributed by atoms with Crippen LogP contribution < -0.4 is 11.1 Å². The second kappa shape index (κ2) is 4.74. The maximum absolute atomic E-state index is 12.4. The van der Waals surface area contributed by atoms with E-state index in [4.69, 9.17) is 5.73 Å². The zero-order valence-electron chi connectivity index (χ0n) is 11.9. The Morgan fingerprint density at radius 3 is 2.90 bits per heavy atom. The summed E-state index contributed by atoms with van der Waals surface area (Å²) in [5, 5.41) is 5.21. The Morgan fingerprint density at radius 2 is 2.14 bits per heavy atom. The average Bonchev–Trinajstić information content (AvgIpc) is 3.09. The van der Waals surface area contributed by atoms with Crippen molar-refractivity contribution in [3.8, 4) is 0 Å². The van der Waals surface area contributed by atoms with E-state index in [2.05, 4.69) is 10.2 Å². The molecule has 21 heavy (non-hydrogen) atoms. The highest BCUT2D eigenvalue weighted by atomic mass is 16.1. The Labute approximate surface area is 123 Å². The minimum absolute atomic E-state index is 0.0260. The molecule has 3 N–H and O–H groups in total. The minimum atomic E-state index is 0.0260. The van der Waals surface area contributed by atoms with Gasteiger partial charge in [-0.2, -0.15) is 0 Å². The average molecular weight is 281 g/mol. The van der Waals surface area contributed by atoms with Crippen LogP contribution in [-0.4, -0.2) is 36.5 Å². The molecule has 0 aliphatic carbocycles. The van der Waals surface area contributed by atoms with Crippen molar-refractivity contribution in [2.45, 2.75) is 12.5 Å². The molecule has 2 fully saturated rings. The van der Waals surface area contributed by atoms with E-state index >= 15 is 0 Å². The molecule has 3 unspecified atom stereocenters. The number of hydrogen-bond acceptors (Lipinski definition) is 3. The Balaban J connectivity index is 1.57. The van der Waals surface area contributed by atoms with Gasteiger partial charge in [-0.25, -0.2) is 0 Å².